The Morgan fingerprint density at radius 2 is 1.52 bits per heavy atom. The third-order valence-electron chi connectivity index (χ3n) is 5.83. The lowest BCUT2D eigenvalue weighted by Gasteiger charge is -2.35. The van der Waals surface area contributed by atoms with Gasteiger partial charge in [0, 0.05) is 24.2 Å². The van der Waals surface area contributed by atoms with Crippen LogP contribution in [0.1, 0.15) is 53.1 Å². The van der Waals surface area contributed by atoms with Gasteiger partial charge in [-0.05, 0) is 56.2 Å². The average molecular weight is 367 g/mol. The molecule has 1 fully saturated rings. The van der Waals surface area contributed by atoms with E-state index in [2.05, 4.69) is 30.3 Å². The Balaban J connectivity index is 1.70. The third-order valence-corrected chi connectivity index (χ3v) is 5.83. The lowest BCUT2D eigenvalue weighted by atomic mass is 9.81. The van der Waals surface area contributed by atoms with Gasteiger partial charge in [0.15, 0.2) is 0 Å². The topological polar surface area (TPSA) is 38.8 Å². The molecule has 4 heteroatoms. The van der Waals surface area contributed by atoms with Gasteiger partial charge in [-0.2, -0.15) is 0 Å². The number of hydrogen-bond donors (Lipinski definition) is 0. The summed E-state index contributed by atoms with van der Waals surface area (Å²) >= 11 is 0. The Morgan fingerprint density at radius 3 is 2.04 bits per heavy atom. The van der Waals surface area contributed by atoms with Gasteiger partial charge in [-0.15, -0.1) is 0 Å². The molecule has 0 N–H and O–H groups in total. The molecule has 3 rings (SSSR count). The Labute approximate surface area is 162 Å². The van der Waals surface area contributed by atoms with E-state index in [1.54, 1.807) is 14.2 Å². The normalized spacial score (nSPS) is 19.4. The van der Waals surface area contributed by atoms with Crippen molar-refractivity contribution in [2.75, 3.05) is 21.3 Å². The highest BCUT2D eigenvalue weighted by atomic mass is 16.5. The molecule has 0 bridgehead atoms. The van der Waals surface area contributed by atoms with E-state index in [1.807, 2.05) is 31.0 Å². The first-order chi connectivity index (χ1) is 13.0. The molecule has 2 aromatic carbocycles. The first-order valence-corrected chi connectivity index (χ1v) is 9.59. The van der Waals surface area contributed by atoms with Crippen LogP contribution in [0.15, 0.2) is 42.5 Å². The zero-order valence-corrected chi connectivity index (χ0v) is 16.7. The molecule has 1 aliphatic carbocycles. The number of nitrogens with zero attached hydrogens (tertiary/aromatic N) is 1. The lowest BCUT2D eigenvalue weighted by Crippen LogP contribution is -2.39. The van der Waals surface area contributed by atoms with Gasteiger partial charge < -0.3 is 14.4 Å². The van der Waals surface area contributed by atoms with E-state index in [1.165, 1.54) is 5.56 Å². The van der Waals surface area contributed by atoms with Crippen LogP contribution in [0.2, 0.25) is 0 Å². The summed E-state index contributed by atoms with van der Waals surface area (Å²) in [5.74, 6) is 1.98. The highest BCUT2D eigenvalue weighted by Crippen LogP contribution is 2.35. The average Bonchev–Trinajstić information content (AvgIpc) is 2.73. The van der Waals surface area contributed by atoms with Gasteiger partial charge in [-0.25, -0.2) is 0 Å². The van der Waals surface area contributed by atoms with Gasteiger partial charge in [0.1, 0.15) is 11.5 Å². The summed E-state index contributed by atoms with van der Waals surface area (Å²) in [5.41, 5.74) is 2.93. The van der Waals surface area contributed by atoms with E-state index in [-0.39, 0.29) is 11.9 Å². The molecule has 1 aliphatic rings. The van der Waals surface area contributed by atoms with E-state index >= 15 is 0 Å². The van der Waals surface area contributed by atoms with Crippen LogP contribution < -0.4 is 9.47 Å². The summed E-state index contributed by atoms with van der Waals surface area (Å²) in [6.45, 7) is 1.93. The number of amides is 1. The SMILES string of the molecule is COc1cc(C(=O)N(C)C2CCC(c3ccccc3)CC2)cc(OC)c1C. The van der Waals surface area contributed by atoms with E-state index in [0.717, 1.165) is 31.2 Å². The second-order valence-electron chi connectivity index (χ2n) is 7.34. The monoisotopic (exact) mass is 367 g/mol. The van der Waals surface area contributed by atoms with Gasteiger partial charge in [0.05, 0.1) is 14.2 Å². The number of carbonyl (C=O) groups excluding carboxylic acids is 1. The molecule has 4 nitrogen and oxygen atoms in total. The van der Waals surface area contributed by atoms with E-state index in [9.17, 15) is 4.79 Å². The summed E-state index contributed by atoms with van der Waals surface area (Å²) < 4.78 is 10.8. The molecule has 0 aromatic heterocycles. The minimum Gasteiger partial charge on any atom is -0.496 e. The van der Waals surface area contributed by atoms with Crippen LogP contribution in [0.25, 0.3) is 0 Å². The minimum absolute atomic E-state index is 0.0229. The predicted octanol–water partition coefficient (Wildman–Crippen LogP) is 4.81. The van der Waals surface area contributed by atoms with Crippen LogP contribution in [0.5, 0.6) is 11.5 Å². The van der Waals surface area contributed by atoms with Gasteiger partial charge >= 0.3 is 0 Å². The molecule has 0 unspecified atom stereocenters. The van der Waals surface area contributed by atoms with Crippen molar-refractivity contribution < 1.29 is 14.3 Å². The molecule has 144 valence electrons. The molecular formula is C23H29NO3. The van der Waals surface area contributed by atoms with Gasteiger partial charge in [0.2, 0.25) is 0 Å². The molecule has 1 amide bonds. The first kappa shape index (κ1) is 19.3. The van der Waals surface area contributed by atoms with Crippen molar-refractivity contribution in [1.29, 1.82) is 0 Å². The predicted molar refractivity (Wildman–Crippen MR) is 108 cm³/mol. The number of carbonyl (C=O) groups is 1. The maximum Gasteiger partial charge on any atom is 0.254 e. The maximum atomic E-state index is 13.1. The highest BCUT2D eigenvalue weighted by molar-refractivity contribution is 5.95. The van der Waals surface area contributed by atoms with E-state index in [0.29, 0.717) is 23.0 Å². The summed E-state index contributed by atoms with van der Waals surface area (Å²) in [7, 11) is 5.14. The molecule has 0 heterocycles. The number of hydrogen-bond acceptors (Lipinski definition) is 3. The van der Waals surface area contributed by atoms with Crippen molar-refractivity contribution in [2.45, 2.75) is 44.6 Å². The first-order valence-electron chi connectivity index (χ1n) is 9.59. The fourth-order valence-electron chi connectivity index (χ4n) is 4.10. The molecule has 0 saturated heterocycles. The molecule has 0 atom stereocenters. The zero-order valence-electron chi connectivity index (χ0n) is 16.7. The second kappa shape index (κ2) is 8.47. The van der Waals surface area contributed by atoms with Crippen molar-refractivity contribution in [1.82, 2.24) is 4.90 Å². The smallest absolute Gasteiger partial charge is 0.254 e. The largest absolute Gasteiger partial charge is 0.496 e. The van der Waals surface area contributed by atoms with Gasteiger partial charge in [-0.3, -0.25) is 4.79 Å². The maximum absolute atomic E-state index is 13.1. The Morgan fingerprint density at radius 1 is 0.963 bits per heavy atom. The zero-order chi connectivity index (χ0) is 19.4. The fourth-order valence-corrected chi connectivity index (χ4v) is 4.10. The van der Waals surface area contributed by atoms with Gasteiger partial charge in [0.25, 0.3) is 5.91 Å². The van der Waals surface area contributed by atoms with Crippen LogP contribution in [-0.2, 0) is 0 Å². The van der Waals surface area contributed by atoms with Crippen LogP contribution in [0, 0.1) is 6.92 Å². The molecule has 0 aliphatic heterocycles. The number of methoxy groups -OCH3 is 2. The fraction of sp³-hybridized carbons (Fsp3) is 0.435. The summed E-state index contributed by atoms with van der Waals surface area (Å²) in [4.78, 5) is 15.0. The molecule has 27 heavy (non-hydrogen) atoms. The van der Waals surface area contributed by atoms with Crippen molar-refractivity contribution in [3.8, 4) is 11.5 Å². The molecular weight excluding hydrogens is 338 g/mol. The van der Waals surface area contributed by atoms with E-state index < -0.39 is 0 Å². The van der Waals surface area contributed by atoms with Crippen molar-refractivity contribution in [3.63, 3.8) is 0 Å². The van der Waals surface area contributed by atoms with Crippen molar-refractivity contribution >= 4 is 5.91 Å². The quantitative estimate of drug-likeness (QED) is 0.761. The lowest BCUT2D eigenvalue weighted by molar-refractivity contribution is 0.0688. The van der Waals surface area contributed by atoms with Crippen LogP contribution >= 0.6 is 0 Å². The molecule has 2 aromatic rings. The number of benzene rings is 2. The minimum atomic E-state index is 0.0229. The summed E-state index contributed by atoms with van der Waals surface area (Å²) in [6, 6.07) is 14.6. The summed E-state index contributed by atoms with van der Waals surface area (Å²) in [6.07, 6.45) is 4.30. The summed E-state index contributed by atoms with van der Waals surface area (Å²) in [5, 5.41) is 0. The van der Waals surface area contributed by atoms with Gasteiger partial charge in [-0.1, -0.05) is 30.3 Å². The second-order valence-corrected chi connectivity index (χ2v) is 7.34. The molecule has 0 radical (unpaired) electrons. The Hall–Kier alpha value is -2.49. The van der Waals surface area contributed by atoms with Crippen molar-refractivity contribution in [3.05, 3.63) is 59.2 Å². The highest BCUT2D eigenvalue weighted by Gasteiger charge is 2.28. The van der Waals surface area contributed by atoms with Crippen molar-refractivity contribution in [2.24, 2.45) is 0 Å². The number of ether oxygens (including phenoxy) is 2. The van der Waals surface area contributed by atoms with Crippen LogP contribution in [-0.4, -0.2) is 38.1 Å². The van der Waals surface area contributed by atoms with Crippen LogP contribution in [0.3, 0.4) is 0 Å². The molecule has 0 spiro atoms. The molecule has 1 saturated carbocycles. The standard InChI is InChI=1S/C23H29NO3/c1-16-21(26-3)14-19(15-22(16)27-4)23(25)24(2)20-12-10-18(11-13-20)17-8-6-5-7-9-17/h5-9,14-15,18,20H,10-13H2,1-4H3. The van der Waals surface area contributed by atoms with E-state index in [4.69, 9.17) is 9.47 Å². The Kier molecular flexibility index (Phi) is 6.04. The number of rotatable bonds is 5. The Bertz CT molecular complexity index is 754. The van der Waals surface area contributed by atoms with Crippen LogP contribution in [0.4, 0.5) is 0 Å². The third kappa shape index (κ3) is 4.10.